The highest BCUT2D eigenvalue weighted by atomic mass is 16.1. The van der Waals surface area contributed by atoms with Gasteiger partial charge >= 0.3 is 0 Å². The first-order valence-corrected chi connectivity index (χ1v) is 9.29. The normalized spacial score (nSPS) is 15.4. The van der Waals surface area contributed by atoms with E-state index in [1.54, 1.807) is 14.1 Å². The van der Waals surface area contributed by atoms with Gasteiger partial charge < -0.3 is 10.6 Å². The third-order valence-electron chi connectivity index (χ3n) is 4.26. The van der Waals surface area contributed by atoms with Crippen LogP contribution >= 0.6 is 0 Å². The van der Waals surface area contributed by atoms with E-state index in [4.69, 9.17) is 0 Å². The van der Waals surface area contributed by atoms with Crippen molar-refractivity contribution in [1.82, 2.24) is 10.6 Å². The van der Waals surface area contributed by atoms with E-state index in [0.717, 1.165) is 36.5 Å². The Labute approximate surface area is 162 Å². The van der Waals surface area contributed by atoms with Crippen molar-refractivity contribution in [3.05, 3.63) is 53.7 Å². The van der Waals surface area contributed by atoms with Crippen LogP contribution in [0.25, 0.3) is 5.57 Å². The maximum atomic E-state index is 11.6. The number of amides is 1. The molecule has 2 rings (SSSR count). The Morgan fingerprint density at radius 2 is 1.93 bits per heavy atom. The van der Waals surface area contributed by atoms with E-state index in [2.05, 4.69) is 41.4 Å². The Balaban J connectivity index is 2.01. The highest BCUT2D eigenvalue weighted by Gasteiger charge is 2.11. The van der Waals surface area contributed by atoms with Gasteiger partial charge in [-0.05, 0) is 53.7 Å². The molecule has 0 spiro atoms. The van der Waals surface area contributed by atoms with Crippen molar-refractivity contribution in [2.45, 2.75) is 33.6 Å². The van der Waals surface area contributed by atoms with Crippen molar-refractivity contribution >= 4 is 23.0 Å². The predicted molar refractivity (Wildman–Crippen MR) is 114 cm³/mol. The van der Waals surface area contributed by atoms with Crippen molar-refractivity contribution in [2.75, 3.05) is 20.6 Å². The molecule has 0 fully saturated rings. The lowest BCUT2D eigenvalue weighted by molar-refractivity contribution is 0.0963. The Hall–Kier alpha value is -2.69. The summed E-state index contributed by atoms with van der Waals surface area (Å²) >= 11 is 0. The highest BCUT2D eigenvalue weighted by molar-refractivity contribution is 6.04. The molecule has 0 radical (unpaired) electrons. The molecule has 2 N–H and O–H groups in total. The van der Waals surface area contributed by atoms with E-state index in [1.807, 2.05) is 42.6 Å². The molecule has 0 bridgehead atoms. The summed E-state index contributed by atoms with van der Waals surface area (Å²) in [5.74, 6) is 0.797. The lowest BCUT2D eigenvalue weighted by Crippen LogP contribution is -2.31. The van der Waals surface area contributed by atoms with Gasteiger partial charge in [0.25, 0.3) is 5.91 Å². The van der Waals surface area contributed by atoms with E-state index in [1.165, 1.54) is 5.57 Å². The summed E-state index contributed by atoms with van der Waals surface area (Å²) in [5.41, 5.74) is 4.21. The van der Waals surface area contributed by atoms with Crippen LogP contribution in [0.15, 0.2) is 52.6 Å². The second-order valence-corrected chi connectivity index (χ2v) is 7.79. The fourth-order valence-corrected chi connectivity index (χ4v) is 2.62. The molecule has 0 aliphatic carbocycles. The summed E-state index contributed by atoms with van der Waals surface area (Å²) in [4.78, 5) is 20.5. The molecule has 27 heavy (non-hydrogen) atoms. The predicted octanol–water partition coefficient (Wildman–Crippen LogP) is 3.84. The summed E-state index contributed by atoms with van der Waals surface area (Å²) in [5, 5.41) is 6.00. The molecule has 5 nitrogen and oxygen atoms in total. The van der Waals surface area contributed by atoms with Crippen molar-refractivity contribution in [3.63, 3.8) is 0 Å². The SMILES string of the molecule is CN=C(/C=C\C1=NC=C(c2ccc(C(=O)NC)cc2)CC1)NCC(C)(C)C. The molecule has 1 amide bonds. The number of hydrogen-bond acceptors (Lipinski definition) is 3. The topological polar surface area (TPSA) is 65.8 Å². The summed E-state index contributed by atoms with van der Waals surface area (Å²) in [6.45, 7) is 7.44. The smallest absolute Gasteiger partial charge is 0.251 e. The fourth-order valence-electron chi connectivity index (χ4n) is 2.62. The molecule has 144 valence electrons. The average Bonchev–Trinajstić information content (AvgIpc) is 2.67. The quantitative estimate of drug-likeness (QED) is 0.614. The Morgan fingerprint density at radius 3 is 2.44 bits per heavy atom. The van der Waals surface area contributed by atoms with Gasteiger partial charge in [-0.15, -0.1) is 0 Å². The molecule has 0 aromatic heterocycles. The fraction of sp³-hybridized carbons (Fsp3) is 0.409. The van der Waals surface area contributed by atoms with Gasteiger partial charge in [0.05, 0.1) is 0 Å². The first kappa shape index (κ1) is 20.6. The number of nitrogens with zero attached hydrogens (tertiary/aromatic N) is 2. The van der Waals surface area contributed by atoms with Crippen LogP contribution in [0.3, 0.4) is 0 Å². The van der Waals surface area contributed by atoms with Gasteiger partial charge in [0.15, 0.2) is 0 Å². The molecule has 0 saturated heterocycles. The van der Waals surface area contributed by atoms with E-state index < -0.39 is 0 Å². The number of carbonyl (C=O) groups is 1. The van der Waals surface area contributed by atoms with Crippen LogP contribution in [0.4, 0.5) is 0 Å². The lowest BCUT2D eigenvalue weighted by Gasteiger charge is -2.19. The van der Waals surface area contributed by atoms with Crippen LogP contribution in [0.1, 0.15) is 49.5 Å². The van der Waals surface area contributed by atoms with Crippen LogP contribution in [0, 0.1) is 5.41 Å². The molecule has 1 aliphatic rings. The zero-order chi connectivity index (χ0) is 19.9. The third-order valence-corrected chi connectivity index (χ3v) is 4.26. The summed E-state index contributed by atoms with van der Waals surface area (Å²) in [7, 11) is 3.43. The number of nitrogens with one attached hydrogen (secondary N) is 2. The van der Waals surface area contributed by atoms with Crippen molar-refractivity contribution < 1.29 is 4.79 Å². The number of rotatable bonds is 5. The first-order valence-electron chi connectivity index (χ1n) is 9.29. The number of allylic oxidation sites excluding steroid dienone is 2. The zero-order valence-electron chi connectivity index (χ0n) is 17.0. The molecule has 5 heteroatoms. The molecule has 1 heterocycles. The minimum Gasteiger partial charge on any atom is -0.370 e. The largest absolute Gasteiger partial charge is 0.370 e. The van der Waals surface area contributed by atoms with E-state index in [-0.39, 0.29) is 11.3 Å². The molecular formula is C22H30N4O. The highest BCUT2D eigenvalue weighted by Crippen LogP contribution is 2.24. The van der Waals surface area contributed by atoms with Crippen molar-refractivity contribution in [2.24, 2.45) is 15.4 Å². The lowest BCUT2D eigenvalue weighted by atomic mass is 9.97. The first-order chi connectivity index (χ1) is 12.8. The number of benzene rings is 1. The van der Waals surface area contributed by atoms with Gasteiger partial charge in [-0.1, -0.05) is 32.9 Å². The standard InChI is InChI=1S/C22H30N4O/c1-22(2,3)15-26-20(23-4)13-12-19-11-10-18(14-25-19)16-6-8-17(9-7-16)21(27)24-5/h6-9,12-14H,10-11,15H2,1-5H3,(H,23,26)(H,24,27)/b13-12-. The van der Waals surface area contributed by atoms with Gasteiger partial charge in [-0.25, -0.2) is 0 Å². The van der Waals surface area contributed by atoms with Crippen LogP contribution in [0.5, 0.6) is 0 Å². The number of hydrogen-bond donors (Lipinski definition) is 2. The van der Waals surface area contributed by atoms with Crippen LogP contribution in [0.2, 0.25) is 0 Å². The molecule has 0 saturated carbocycles. The molecule has 1 aromatic rings. The number of amidine groups is 1. The van der Waals surface area contributed by atoms with E-state index in [0.29, 0.717) is 5.56 Å². The van der Waals surface area contributed by atoms with Crippen molar-refractivity contribution in [3.8, 4) is 0 Å². The maximum absolute atomic E-state index is 11.6. The molecular weight excluding hydrogens is 336 g/mol. The van der Waals surface area contributed by atoms with Gasteiger partial charge in [0, 0.05) is 38.1 Å². The maximum Gasteiger partial charge on any atom is 0.251 e. The monoisotopic (exact) mass is 366 g/mol. The second-order valence-electron chi connectivity index (χ2n) is 7.79. The van der Waals surface area contributed by atoms with Gasteiger partial charge in [-0.3, -0.25) is 14.8 Å². The van der Waals surface area contributed by atoms with Gasteiger partial charge in [-0.2, -0.15) is 0 Å². The second kappa shape index (κ2) is 9.31. The van der Waals surface area contributed by atoms with Crippen LogP contribution in [-0.4, -0.2) is 38.1 Å². The Kier molecular flexibility index (Phi) is 7.11. The zero-order valence-corrected chi connectivity index (χ0v) is 17.0. The summed E-state index contributed by atoms with van der Waals surface area (Å²) < 4.78 is 0. The summed E-state index contributed by atoms with van der Waals surface area (Å²) in [6, 6.07) is 7.65. The molecule has 0 unspecified atom stereocenters. The van der Waals surface area contributed by atoms with Crippen LogP contribution in [-0.2, 0) is 0 Å². The average molecular weight is 367 g/mol. The van der Waals surface area contributed by atoms with Gasteiger partial charge in [0.1, 0.15) is 5.84 Å². The Bertz CT molecular complexity index is 778. The van der Waals surface area contributed by atoms with E-state index in [9.17, 15) is 4.79 Å². The Morgan fingerprint density at radius 1 is 1.22 bits per heavy atom. The number of carbonyl (C=O) groups excluding carboxylic acids is 1. The summed E-state index contributed by atoms with van der Waals surface area (Å²) in [6.07, 6.45) is 7.75. The minimum atomic E-state index is -0.0712. The minimum absolute atomic E-state index is 0.0712. The molecule has 0 atom stereocenters. The molecule has 1 aliphatic heterocycles. The van der Waals surface area contributed by atoms with Crippen molar-refractivity contribution in [1.29, 1.82) is 0 Å². The van der Waals surface area contributed by atoms with E-state index >= 15 is 0 Å². The number of aliphatic imine (C=N–C) groups is 2. The molecule has 1 aromatic carbocycles. The third kappa shape index (κ3) is 6.51. The van der Waals surface area contributed by atoms with Gasteiger partial charge in [0.2, 0.25) is 0 Å². The van der Waals surface area contributed by atoms with Crippen LogP contribution < -0.4 is 10.6 Å².